The number of aliphatic hydroxyl groups excluding tert-OH is 2. The van der Waals surface area contributed by atoms with Crippen molar-refractivity contribution in [2.45, 2.75) is 32.3 Å². The van der Waals surface area contributed by atoms with E-state index in [1.807, 2.05) is 0 Å². The predicted octanol–water partition coefficient (Wildman–Crippen LogP) is 0.895. The molecular weight excluding hydrogens is 236 g/mol. The molecule has 0 aliphatic rings. The molecule has 0 aliphatic carbocycles. The Morgan fingerprint density at radius 2 is 2.06 bits per heavy atom. The van der Waals surface area contributed by atoms with E-state index in [1.165, 1.54) is 6.07 Å². The van der Waals surface area contributed by atoms with Crippen LogP contribution in [0.1, 0.15) is 34.3 Å². The van der Waals surface area contributed by atoms with Gasteiger partial charge in [0.1, 0.15) is 11.5 Å². The Labute approximate surface area is 105 Å². The number of phenols is 2. The van der Waals surface area contributed by atoms with Crippen LogP contribution in [0.5, 0.6) is 11.5 Å². The van der Waals surface area contributed by atoms with Gasteiger partial charge in [0.15, 0.2) is 6.29 Å². The van der Waals surface area contributed by atoms with Gasteiger partial charge >= 0.3 is 0 Å². The summed E-state index contributed by atoms with van der Waals surface area (Å²) in [6, 6.07) is 1.45. The molecule has 0 spiro atoms. The Morgan fingerprint density at radius 3 is 2.61 bits per heavy atom. The number of benzene rings is 1. The predicted molar refractivity (Wildman–Crippen MR) is 65.9 cm³/mol. The summed E-state index contributed by atoms with van der Waals surface area (Å²) in [6.45, 7) is 1.39. The van der Waals surface area contributed by atoms with Crippen molar-refractivity contribution in [3.05, 3.63) is 22.8 Å². The number of hydrogen-bond donors (Lipinski definition) is 4. The van der Waals surface area contributed by atoms with Crippen molar-refractivity contribution < 1.29 is 25.2 Å². The van der Waals surface area contributed by atoms with Gasteiger partial charge in [-0.15, -0.1) is 0 Å². The third-order valence-corrected chi connectivity index (χ3v) is 2.99. The van der Waals surface area contributed by atoms with Gasteiger partial charge in [-0.2, -0.15) is 0 Å². The van der Waals surface area contributed by atoms with Gasteiger partial charge in [-0.05, 0) is 43.4 Å². The van der Waals surface area contributed by atoms with Crippen LogP contribution in [0.4, 0.5) is 0 Å². The second-order valence-corrected chi connectivity index (χ2v) is 4.29. The average Bonchev–Trinajstić information content (AvgIpc) is 2.35. The van der Waals surface area contributed by atoms with Crippen molar-refractivity contribution in [2.75, 3.05) is 6.61 Å². The highest BCUT2D eigenvalue weighted by molar-refractivity contribution is 5.84. The molecule has 100 valence electrons. The zero-order chi connectivity index (χ0) is 13.7. The van der Waals surface area contributed by atoms with E-state index >= 15 is 0 Å². The highest BCUT2D eigenvalue weighted by Gasteiger charge is 2.14. The van der Waals surface area contributed by atoms with E-state index in [0.717, 1.165) is 5.56 Å². The van der Waals surface area contributed by atoms with Crippen molar-refractivity contribution in [3.63, 3.8) is 0 Å². The highest BCUT2D eigenvalue weighted by Crippen LogP contribution is 2.32. The lowest BCUT2D eigenvalue weighted by Gasteiger charge is -2.12. The summed E-state index contributed by atoms with van der Waals surface area (Å²) in [6.07, 6.45) is 1.26. The van der Waals surface area contributed by atoms with E-state index in [9.17, 15) is 20.1 Å². The number of aromatic hydroxyl groups is 2. The fourth-order valence-electron chi connectivity index (χ4n) is 1.82. The highest BCUT2D eigenvalue weighted by atomic mass is 16.3. The number of rotatable bonds is 6. The molecule has 4 N–H and O–H groups in total. The maximum atomic E-state index is 10.7. The quantitative estimate of drug-likeness (QED) is 0.565. The minimum atomic E-state index is -0.748. The van der Waals surface area contributed by atoms with Gasteiger partial charge in [0.2, 0.25) is 0 Å². The summed E-state index contributed by atoms with van der Waals surface area (Å²) in [7, 11) is 0. The topological polar surface area (TPSA) is 98.0 Å². The first-order chi connectivity index (χ1) is 8.51. The molecule has 0 heterocycles. The monoisotopic (exact) mass is 254 g/mol. The summed E-state index contributed by atoms with van der Waals surface area (Å²) in [5.74, 6) is -0.450. The summed E-state index contributed by atoms with van der Waals surface area (Å²) in [5.41, 5.74) is 1.17. The van der Waals surface area contributed by atoms with E-state index in [1.54, 1.807) is 6.92 Å². The molecular formula is C13H18O5. The first-order valence-corrected chi connectivity index (χ1v) is 5.79. The van der Waals surface area contributed by atoms with Crippen molar-refractivity contribution in [3.8, 4) is 11.5 Å². The third-order valence-electron chi connectivity index (χ3n) is 2.99. The first kappa shape index (κ1) is 14.5. The normalized spacial score (nSPS) is 12.4. The van der Waals surface area contributed by atoms with Gasteiger partial charge in [-0.25, -0.2) is 0 Å². The standard InChI is InChI=1S/C13H18O5/c1-8-9(3-2-4-10(16)6-14)5-12(17)11(7-15)13(8)18/h5,7,10,14,16-18H,2-4,6H2,1H3. The molecule has 0 saturated heterocycles. The number of phenolic OH excluding ortho intramolecular Hbond substituents is 2. The molecule has 0 amide bonds. The zero-order valence-electron chi connectivity index (χ0n) is 10.3. The van der Waals surface area contributed by atoms with E-state index in [4.69, 9.17) is 5.11 Å². The van der Waals surface area contributed by atoms with Crippen molar-refractivity contribution in [1.82, 2.24) is 0 Å². The fourth-order valence-corrected chi connectivity index (χ4v) is 1.82. The molecule has 18 heavy (non-hydrogen) atoms. The van der Waals surface area contributed by atoms with E-state index in [-0.39, 0.29) is 23.7 Å². The zero-order valence-corrected chi connectivity index (χ0v) is 10.3. The molecule has 1 aromatic carbocycles. The molecule has 0 aromatic heterocycles. The summed E-state index contributed by atoms with van der Waals surface area (Å²) in [4.78, 5) is 10.7. The lowest BCUT2D eigenvalue weighted by atomic mass is 9.98. The van der Waals surface area contributed by atoms with Crippen LogP contribution in [0.25, 0.3) is 0 Å². The number of aliphatic hydroxyl groups is 2. The smallest absolute Gasteiger partial charge is 0.157 e. The molecule has 0 bridgehead atoms. The summed E-state index contributed by atoms with van der Waals surface area (Å²) < 4.78 is 0. The number of aldehydes is 1. The molecule has 0 saturated carbocycles. The number of carbonyl (C=O) groups is 1. The van der Waals surface area contributed by atoms with Crippen LogP contribution >= 0.6 is 0 Å². The van der Waals surface area contributed by atoms with E-state index in [2.05, 4.69) is 0 Å². The lowest BCUT2D eigenvalue weighted by Crippen LogP contribution is -2.11. The third kappa shape index (κ3) is 3.21. The van der Waals surface area contributed by atoms with Crippen LogP contribution in [0, 0.1) is 6.92 Å². The van der Waals surface area contributed by atoms with Crippen LogP contribution in [0.3, 0.4) is 0 Å². The molecule has 0 fully saturated rings. The molecule has 1 aromatic rings. The molecule has 1 rings (SSSR count). The van der Waals surface area contributed by atoms with Crippen molar-refractivity contribution in [2.24, 2.45) is 0 Å². The average molecular weight is 254 g/mol. The summed E-state index contributed by atoms with van der Waals surface area (Å²) >= 11 is 0. The minimum absolute atomic E-state index is 0.105. The fraction of sp³-hybridized carbons (Fsp3) is 0.462. The molecule has 1 unspecified atom stereocenters. The van der Waals surface area contributed by atoms with Gasteiger partial charge < -0.3 is 20.4 Å². The SMILES string of the molecule is Cc1c(CCCC(O)CO)cc(O)c(C=O)c1O. The Kier molecular flexibility index (Phi) is 5.12. The van der Waals surface area contributed by atoms with Gasteiger partial charge in [-0.3, -0.25) is 4.79 Å². The number of carbonyl (C=O) groups excluding carboxylic acids is 1. The molecule has 0 aliphatic heterocycles. The van der Waals surface area contributed by atoms with Crippen LogP contribution < -0.4 is 0 Å². The largest absolute Gasteiger partial charge is 0.507 e. The van der Waals surface area contributed by atoms with E-state index < -0.39 is 6.10 Å². The second-order valence-electron chi connectivity index (χ2n) is 4.29. The number of aryl methyl sites for hydroxylation is 1. The van der Waals surface area contributed by atoms with Gasteiger partial charge in [0, 0.05) is 0 Å². The Morgan fingerprint density at radius 1 is 1.39 bits per heavy atom. The molecule has 5 heteroatoms. The second kappa shape index (κ2) is 6.37. The first-order valence-electron chi connectivity index (χ1n) is 5.79. The number of hydrogen-bond acceptors (Lipinski definition) is 5. The Hall–Kier alpha value is -1.59. The van der Waals surface area contributed by atoms with Crippen LogP contribution in [-0.4, -0.2) is 39.4 Å². The minimum Gasteiger partial charge on any atom is -0.507 e. The lowest BCUT2D eigenvalue weighted by molar-refractivity contribution is 0.0867. The molecule has 5 nitrogen and oxygen atoms in total. The van der Waals surface area contributed by atoms with Gasteiger partial charge in [0.05, 0.1) is 18.3 Å². The van der Waals surface area contributed by atoms with Crippen molar-refractivity contribution >= 4 is 6.29 Å². The van der Waals surface area contributed by atoms with Crippen LogP contribution in [0.15, 0.2) is 6.07 Å². The van der Waals surface area contributed by atoms with Gasteiger partial charge in [-0.1, -0.05) is 0 Å². The Bertz CT molecular complexity index is 428. The maximum Gasteiger partial charge on any atom is 0.157 e. The van der Waals surface area contributed by atoms with Gasteiger partial charge in [0.25, 0.3) is 0 Å². The van der Waals surface area contributed by atoms with E-state index in [0.29, 0.717) is 31.1 Å². The van der Waals surface area contributed by atoms with Crippen LogP contribution in [0.2, 0.25) is 0 Å². The van der Waals surface area contributed by atoms with Crippen LogP contribution in [-0.2, 0) is 6.42 Å². The summed E-state index contributed by atoms with van der Waals surface area (Å²) in [5, 5.41) is 37.2. The van der Waals surface area contributed by atoms with Crippen molar-refractivity contribution in [1.29, 1.82) is 0 Å². The maximum absolute atomic E-state index is 10.7. The molecule has 0 radical (unpaired) electrons. The molecule has 1 atom stereocenters. The Balaban J connectivity index is 2.81.